The summed E-state index contributed by atoms with van der Waals surface area (Å²) in [7, 11) is 0. The van der Waals surface area contributed by atoms with Crippen LogP contribution in [0.15, 0.2) is 55.1 Å². The third kappa shape index (κ3) is 3.05. The van der Waals surface area contributed by atoms with Gasteiger partial charge in [0.05, 0.1) is 11.1 Å². The summed E-state index contributed by atoms with van der Waals surface area (Å²) in [5.41, 5.74) is 3.34. The van der Waals surface area contributed by atoms with Crippen molar-refractivity contribution in [3.8, 4) is 0 Å². The maximum absolute atomic E-state index is 12.7. The van der Waals surface area contributed by atoms with Gasteiger partial charge in [0.1, 0.15) is 16.9 Å². The topological polar surface area (TPSA) is 133 Å². The van der Waals surface area contributed by atoms with Gasteiger partial charge >= 0.3 is 0 Å². The average molecular weight is 400 g/mol. The molecule has 0 radical (unpaired) electrons. The number of H-pyrrole nitrogens is 2. The van der Waals surface area contributed by atoms with Crippen molar-refractivity contribution in [3.05, 3.63) is 71.9 Å². The van der Waals surface area contributed by atoms with Crippen molar-refractivity contribution in [2.75, 3.05) is 10.6 Å². The zero-order chi connectivity index (χ0) is 20.7. The molecule has 1 aromatic carbocycles. The van der Waals surface area contributed by atoms with Gasteiger partial charge in [0, 0.05) is 24.8 Å². The summed E-state index contributed by atoms with van der Waals surface area (Å²) >= 11 is 0. The van der Waals surface area contributed by atoms with E-state index in [0.717, 1.165) is 5.56 Å². The number of imidazole rings is 3. The number of para-hydroxylation sites is 1. The number of hydrogen-bond acceptors (Lipinski definition) is 5. The molecule has 10 nitrogen and oxygen atoms in total. The van der Waals surface area contributed by atoms with Crippen LogP contribution in [0.1, 0.15) is 26.4 Å². The van der Waals surface area contributed by atoms with Gasteiger partial charge in [-0.1, -0.05) is 12.1 Å². The first-order chi connectivity index (χ1) is 14.6. The molecule has 0 spiro atoms. The molecule has 0 aliphatic heterocycles. The van der Waals surface area contributed by atoms with E-state index < -0.39 is 5.91 Å². The third-order valence-electron chi connectivity index (χ3n) is 4.63. The van der Waals surface area contributed by atoms with E-state index in [1.165, 1.54) is 0 Å². The second-order valence-corrected chi connectivity index (χ2v) is 6.68. The Balaban J connectivity index is 1.42. The highest BCUT2D eigenvalue weighted by Crippen LogP contribution is 2.20. The number of anilines is 2. The second-order valence-electron chi connectivity index (χ2n) is 6.68. The number of benzene rings is 1. The molecule has 0 aliphatic carbocycles. The highest BCUT2D eigenvalue weighted by atomic mass is 16.2. The summed E-state index contributed by atoms with van der Waals surface area (Å²) in [6.45, 7) is 1.93. The number of nitrogens with zero attached hydrogens (tertiary/aromatic N) is 4. The molecule has 0 saturated heterocycles. The number of hydrogen-bond donors (Lipinski definition) is 4. The molecule has 5 aromatic rings. The average Bonchev–Trinajstić information content (AvgIpc) is 3.46. The molecule has 0 aliphatic rings. The molecule has 10 heteroatoms. The fourth-order valence-corrected chi connectivity index (χ4v) is 3.22. The van der Waals surface area contributed by atoms with Gasteiger partial charge in [-0.3, -0.25) is 20.2 Å². The highest BCUT2D eigenvalue weighted by molar-refractivity contribution is 6.11. The van der Waals surface area contributed by atoms with Crippen molar-refractivity contribution < 1.29 is 9.59 Å². The monoisotopic (exact) mass is 400 g/mol. The molecule has 0 bridgehead atoms. The van der Waals surface area contributed by atoms with Gasteiger partial charge in [-0.05, 0) is 30.7 Å². The fourth-order valence-electron chi connectivity index (χ4n) is 3.22. The van der Waals surface area contributed by atoms with E-state index in [0.29, 0.717) is 28.2 Å². The van der Waals surface area contributed by atoms with Gasteiger partial charge in [-0.25, -0.2) is 15.0 Å². The Morgan fingerprint density at radius 3 is 2.70 bits per heavy atom. The van der Waals surface area contributed by atoms with E-state index in [1.807, 2.05) is 25.3 Å². The number of pyridine rings is 1. The summed E-state index contributed by atoms with van der Waals surface area (Å²) in [6.07, 6.45) is 6.64. The van der Waals surface area contributed by atoms with Crippen LogP contribution in [-0.2, 0) is 0 Å². The van der Waals surface area contributed by atoms with Crippen LogP contribution >= 0.6 is 0 Å². The Kier molecular flexibility index (Phi) is 4.02. The van der Waals surface area contributed by atoms with E-state index in [1.54, 1.807) is 41.2 Å². The fraction of sp³-hybridized carbons (Fsp3) is 0.0500. The van der Waals surface area contributed by atoms with Crippen molar-refractivity contribution >= 4 is 40.4 Å². The number of aromatic nitrogens is 6. The second kappa shape index (κ2) is 6.85. The van der Waals surface area contributed by atoms with Crippen LogP contribution in [0.3, 0.4) is 0 Å². The van der Waals surface area contributed by atoms with Crippen LogP contribution in [0.25, 0.3) is 16.7 Å². The summed E-state index contributed by atoms with van der Waals surface area (Å²) < 4.78 is 1.79. The molecule has 0 saturated carbocycles. The predicted octanol–water partition coefficient (Wildman–Crippen LogP) is 2.75. The highest BCUT2D eigenvalue weighted by Gasteiger charge is 2.17. The molecule has 0 atom stereocenters. The van der Waals surface area contributed by atoms with Crippen LogP contribution in [0.5, 0.6) is 0 Å². The molecule has 0 fully saturated rings. The van der Waals surface area contributed by atoms with Crippen molar-refractivity contribution in [1.82, 2.24) is 29.3 Å². The number of fused-ring (bicyclic) bond motifs is 2. The first-order valence-corrected chi connectivity index (χ1v) is 9.13. The van der Waals surface area contributed by atoms with E-state index >= 15 is 0 Å². The van der Waals surface area contributed by atoms with Gasteiger partial charge in [0.25, 0.3) is 11.8 Å². The summed E-state index contributed by atoms with van der Waals surface area (Å²) in [6, 6.07) is 8.97. The first kappa shape index (κ1) is 17.6. The molecule has 4 heterocycles. The zero-order valence-corrected chi connectivity index (χ0v) is 15.8. The zero-order valence-electron chi connectivity index (χ0n) is 15.8. The molecule has 5 rings (SSSR count). The summed E-state index contributed by atoms with van der Waals surface area (Å²) in [5.74, 6) is -0.209. The molecule has 30 heavy (non-hydrogen) atoms. The van der Waals surface area contributed by atoms with E-state index in [9.17, 15) is 9.59 Å². The molecule has 148 valence electrons. The minimum absolute atomic E-state index is 0.224. The van der Waals surface area contributed by atoms with Crippen molar-refractivity contribution in [3.63, 3.8) is 0 Å². The SMILES string of the molecule is Cc1cccn2cc(C(=O)Nc3nc4c(C(=O)Nc5ncc[nH]5)cccc4[nH]3)nc12. The molecule has 2 amide bonds. The predicted molar refractivity (Wildman–Crippen MR) is 111 cm³/mol. The minimum atomic E-state index is -0.404. The number of rotatable bonds is 4. The molecule has 4 N–H and O–H groups in total. The standard InChI is InChI=1S/C20H16N8O2/c1-11-4-3-9-28-10-14(23-16(11)28)18(30)27-20-24-13-6-2-5-12(15(13)25-20)17(29)26-19-21-7-8-22-19/h2-10H,1H3,(H2,21,22,26,29)(H2,24,25,27,30). The largest absolute Gasteiger partial charge is 0.331 e. The van der Waals surface area contributed by atoms with Crippen LogP contribution in [0, 0.1) is 6.92 Å². The molecule has 0 unspecified atom stereocenters. The van der Waals surface area contributed by atoms with Crippen LogP contribution in [-0.4, -0.2) is 41.1 Å². The molecular weight excluding hydrogens is 384 g/mol. The van der Waals surface area contributed by atoms with E-state index in [4.69, 9.17) is 0 Å². The van der Waals surface area contributed by atoms with Crippen LogP contribution in [0.4, 0.5) is 11.9 Å². The van der Waals surface area contributed by atoms with Crippen molar-refractivity contribution in [1.29, 1.82) is 0 Å². The Bertz CT molecular complexity index is 1400. The Morgan fingerprint density at radius 2 is 1.90 bits per heavy atom. The Labute approximate surface area is 169 Å². The summed E-state index contributed by atoms with van der Waals surface area (Å²) in [4.78, 5) is 43.8. The van der Waals surface area contributed by atoms with Crippen LogP contribution in [0.2, 0.25) is 0 Å². The van der Waals surface area contributed by atoms with Crippen molar-refractivity contribution in [2.24, 2.45) is 0 Å². The minimum Gasteiger partial charge on any atom is -0.331 e. The third-order valence-corrected chi connectivity index (χ3v) is 4.63. The molecular formula is C20H16N8O2. The van der Waals surface area contributed by atoms with Crippen molar-refractivity contribution in [2.45, 2.75) is 6.92 Å². The number of aryl methyl sites for hydroxylation is 1. The summed E-state index contributed by atoms with van der Waals surface area (Å²) in [5, 5.41) is 5.37. The lowest BCUT2D eigenvalue weighted by Gasteiger charge is -2.02. The first-order valence-electron chi connectivity index (χ1n) is 9.13. The number of aromatic amines is 2. The van der Waals surface area contributed by atoms with E-state index in [2.05, 4.69) is 35.6 Å². The van der Waals surface area contributed by atoms with Gasteiger partial charge in [-0.15, -0.1) is 0 Å². The Hall–Kier alpha value is -4.47. The lowest BCUT2D eigenvalue weighted by Crippen LogP contribution is -2.14. The van der Waals surface area contributed by atoms with Crippen LogP contribution < -0.4 is 10.6 Å². The maximum Gasteiger partial charge on any atom is 0.278 e. The number of carbonyl (C=O) groups is 2. The maximum atomic E-state index is 12.7. The van der Waals surface area contributed by atoms with Gasteiger partial charge in [0.2, 0.25) is 11.9 Å². The number of carbonyl (C=O) groups excluding carboxylic acids is 2. The lowest BCUT2D eigenvalue weighted by atomic mass is 10.2. The van der Waals surface area contributed by atoms with Gasteiger partial charge in [-0.2, -0.15) is 0 Å². The van der Waals surface area contributed by atoms with Gasteiger partial charge < -0.3 is 14.4 Å². The quantitative estimate of drug-likeness (QED) is 0.368. The normalized spacial score (nSPS) is 11.1. The van der Waals surface area contributed by atoms with Gasteiger partial charge in [0.15, 0.2) is 0 Å². The molecule has 4 aromatic heterocycles. The number of nitrogens with one attached hydrogen (secondary N) is 4. The smallest absolute Gasteiger partial charge is 0.278 e. The number of amides is 2. The Morgan fingerprint density at radius 1 is 1.03 bits per heavy atom. The van der Waals surface area contributed by atoms with E-state index in [-0.39, 0.29) is 17.5 Å². The lowest BCUT2D eigenvalue weighted by molar-refractivity contribution is 0.101.